The molecule has 3 heteroatoms. The molecule has 0 aromatic heterocycles. The summed E-state index contributed by atoms with van der Waals surface area (Å²) >= 11 is 0. The summed E-state index contributed by atoms with van der Waals surface area (Å²) in [6.07, 6.45) is 4.81. The number of aryl methyl sites for hydroxylation is 1. The van der Waals surface area contributed by atoms with Gasteiger partial charge in [0.05, 0.1) is 6.61 Å². The lowest BCUT2D eigenvalue weighted by atomic mass is 10.00. The van der Waals surface area contributed by atoms with Crippen LogP contribution in [0.2, 0.25) is 0 Å². The molecular weight excluding hydrogens is 238 g/mol. The molecule has 1 aromatic rings. The first-order valence-electron chi connectivity index (χ1n) is 7.20. The third-order valence-corrected chi connectivity index (χ3v) is 3.78. The van der Waals surface area contributed by atoms with E-state index in [9.17, 15) is 4.79 Å². The molecule has 1 saturated carbocycles. The number of hydrogen-bond acceptors (Lipinski definition) is 3. The van der Waals surface area contributed by atoms with Crippen molar-refractivity contribution in [1.82, 2.24) is 5.32 Å². The average Bonchev–Trinajstić information content (AvgIpc) is 2.90. The fraction of sp³-hybridized carbons (Fsp3) is 0.562. The summed E-state index contributed by atoms with van der Waals surface area (Å²) in [5.41, 5.74) is 2.17. The second-order valence-electron chi connectivity index (χ2n) is 5.19. The zero-order valence-corrected chi connectivity index (χ0v) is 11.8. The van der Waals surface area contributed by atoms with Gasteiger partial charge in [0.25, 0.3) is 0 Å². The summed E-state index contributed by atoms with van der Waals surface area (Å²) < 4.78 is 5.22. The first-order chi connectivity index (χ1) is 9.22. The van der Waals surface area contributed by atoms with Crippen molar-refractivity contribution in [2.45, 2.75) is 51.6 Å². The molecule has 1 atom stereocenters. The number of rotatable bonds is 5. The van der Waals surface area contributed by atoms with Gasteiger partial charge in [-0.3, -0.25) is 5.32 Å². The molecule has 2 rings (SSSR count). The van der Waals surface area contributed by atoms with Crippen LogP contribution in [0.4, 0.5) is 0 Å². The van der Waals surface area contributed by atoms with Crippen LogP contribution in [-0.4, -0.2) is 18.6 Å². The zero-order chi connectivity index (χ0) is 13.7. The number of hydrogen-bond donors (Lipinski definition) is 1. The Morgan fingerprint density at radius 1 is 1.37 bits per heavy atom. The van der Waals surface area contributed by atoms with Crippen LogP contribution in [-0.2, 0) is 9.53 Å². The van der Waals surface area contributed by atoms with E-state index >= 15 is 0 Å². The first-order valence-corrected chi connectivity index (χ1v) is 7.20. The van der Waals surface area contributed by atoms with Gasteiger partial charge in [0, 0.05) is 6.04 Å². The third-order valence-electron chi connectivity index (χ3n) is 3.78. The van der Waals surface area contributed by atoms with Gasteiger partial charge in [-0.1, -0.05) is 37.1 Å². The summed E-state index contributed by atoms with van der Waals surface area (Å²) in [6.45, 7) is 4.31. The van der Waals surface area contributed by atoms with Crippen LogP contribution in [0, 0.1) is 6.92 Å². The van der Waals surface area contributed by atoms with E-state index in [1.54, 1.807) is 0 Å². The van der Waals surface area contributed by atoms with Crippen LogP contribution >= 0.6 is 0 Å². The minimum absolute atomic E-state index is 0.163. The van der Waals surface area contributed by atoms with Gasteiger partial charge in [-0.15, -0.1) is 0 Å². The lowest BCUT2D eigenvalue weighted by Gasteiger charge is -2.23. The van der Waals surface area contributed by atoms with Crippen LogP contribution in [0.1, 0.15) is 49.8 Å². The van der Waals surface area contributed by atoms with Crippen molar-refractivity contribution in [1.29, 1.82) is 0 Å². The Bertz CT molecular complexity index is 425. The van der Waals surface area contributed by atoms with Gasteiger partial charge in [-0.05, 0) is 37.8 Å². The van der Waals surface area contributed by atoms with Gasteiger partial charge in [0.2, 0.25) is 0 Å². The highest BCUT2D eigenvalue weighted by molar-refractivity contribution is 5.78. The molecule has 1 aliphatic rings. The van der Waals surface area contributed by atoms with Crippen molar-refractivity contribution >= 4 is 5.97 Å². The van der Waals surface area contributed by atoms with Crippen molar-refractivity contribution in [2.75, 3.05) is 6.61 Å². The fourth-order valence-corrected chi connectivity index (χ4v) is 2.75. The van der Waals surface area contributed by atoms with Crippen molar-refractivity contribution in [3.63, 3.8) is 0 Å². The molecular formula is C16H23NO2. The molecule has 1 fully saturated rings. The van der Waals surface area contributed by atoms with E-state index in [-0.39, 0.29) is 12.0 Å². The Morgan fingerprint density at radius 3 is 2.68 bits per heavy atom. The summed E-state index contributed by atoms with van der Waals surface area (Å²) in [7, 11) is 0. The molecule has 1 aromatic carbocycles. The molecule has 0 spiro atoms. The van der Waals surface area contributed by atoms with E-state index < -0.39 is 0 Å². The van der Waals surface area contributed by atoms with Gasteiger partial charge >= 0.3 is 5.97 Å². The summed E-state index contributed by atoms with van der Waals surface area (Å²) in [5.74, 6) is -0.163. The Hall–Kier alpha value is -1.35. The lowest BCUT2D eigenvalue weighted by molar-refractivity contribution is -0.146. The van der Waals surface area contributed by atoms with E-state index in [4.69, 9.17) is 4.74 Å². The van der Waals surface area contributed by atoms with Gasteiger partial charge in [-0.25, -0.2) is 4.79 Å². The Kier molecular flexibility index (Phi) is 4.97. The quantitative estimate of drug-likeness (QED) is 0.828. The summed E-state index contributed by atoms with van der Waals surface area (Å²) in [4.78, 5) is 12.2. The van der Waals surface area contributed by atoms with Gasteiger partial charge in [0.1, 0.15) is 6.04 Å². The molecule has 3 nitrogen and oxygen atoms in total. The second kappa shape index (κ2) is 6.71. The minimum Gasteiger partial charge on any atom is -0.465 e. The number of esters is 1. The van der Waals surface area contributed by atoms with Crippen molar-refractivity contribution < 1.29 is 9.53 Å². The lowest BCUT2D eigenvalue weighted by Crippen LogP contribution is -2.36. The Balaban J connectivity index is 2.18. The highest BCUT2D eigenvalue weighted by atomic mass is 16.5. The highest BCUT2D eigenvalue weighted by Crippen LogP contribution is 2.24. The molecule has 0 heterocycles. The van der Waals surface area contributed by atoms with Crippen LogP contribution in [0.25, 0.3) is 0 Å². The van der Waals surface area contributed by atoms with Crippen molar-refractivity contribution in [3.8, 4) is 0 Å². The molecule has 1 N–H and O–H groups in total. The van der Waals surface area contributed by atoms with E-state index in [1.807, 2.05) is 38.1 Å². The largest absolute Gasteiger partial charge is 0.465 e. The zero-order valence-electron chi connectivity index (χ0n) is 11.8. The maximum absolute atomic E-state index is 12.2. The predicted octanol–water partition coefficient (Wildman–Crippen LogP) is 3.13. The van der Waals surface area contributed by atoms with Crippen LogP contribution in [0.5, 0.6) is 0 Å². The Labute approximate surface area is 115 Å². The topological polar surface area (TPSA) is 38.3 Å². The van der Waals surface area contributed by atoms with Crippen LogP contribution in [0.15, 0.2) is 24.3 Å². The van der Waals surface area contributed by atoms with Gasteiger partial charge in [-0.2, -0.15) is 0 Å². The van der Waals surface area contributed by atoms with Gasteiger partial charge in [0.15, 0.2) is 0 Å². The smallest absolute Gasteiger partial charge is 0.327 e. The Morgan fingerprint density at radius 2 is 2.05 bits per heavy atom. The number of nitrogens with one attached hydrogen (secondary N) is 1. The van der Waals surface area contributed by atoms with E-state index in [0.717, 1.165) is 24.0 Å². The van der Waals surface area contributed by atoms with Crippen LogP contribution < -0.4 is 5.32 Å². The van der Waals surface area contributed by atoms with Crippen molar-refractivity contribution in [2.24, 2.45) is 0 Å². The standard InChI is InChI=1S/C16H23NO2/c1-3-19-16(18)15(17-13-9-5-6-10-13)14-11-7-4-8-12(14)2/h4,7-8,11,13,15,17H,3,5-6,9-10H2,1-2H3. The molecule has 104 valence electrons. The van der Waals surface area contributed by atoms with Crippen LogP contribution in [0.3, 0.4) is 0 Å². The monoisotopic (exact) mass is 261 g/mol. The molecule has 0 saturated heterocycles. The van der Waals surface area contributed by atoms with E-state index in [2.05, 4.69) is 5.32 Å². The summed E-state index contributed by atoms with van der Waals surface area (Å²) in [5, 5.41) is 3.48. The van der Waals surface area contributed by atoms with E-state index in [1.165, 1.54) is 12.8 Å². The number of ether oxygens (including phenoxy) is 1. The highest BCUT2D eigenvalue weighted by Gasteiger charge is 2.27. The maximum Gasteiger partial charge on any atom is 0.327 e. The maximum atomic E-state index is 12.2. The van der Waals surface area contributed by atoms with Crippen molar-refractivity contribution in [3.05, 3.63) is 35.4 Å². The molecule has 0 aliphatic heterocycles. The molecule has 19 heavy (non-hydrogen) atoms. The second-order valence-corrected chi connectivity index (χ2v) is 5.19. The molecule has 0 bridgehead atoms. The molecule has 1 aliphatic carbocycles. The molecule has 0 amide bonds. The van der Waals surface area contributed by atoms with E-state index in [0.29, 0.717) is 12.6 Å². The molecule has 1 unspecified atom stereocenters. The predicted molar refractivity (Wildman–Crippen MR) is 75.9 cm³/mol. The summed E-state index contributed by atoms with van der Waals surface area (Å²) in [6, 6.07) is 8.14. The third kappa shape index (κ3) is 3.57. The number of carbonyl (C=O) groups excluding carboxylic acids is 1. The average molecular weight is 261 g/mol. The minimum atomic E-state index is -0.329. The molecule has 0 radical (unpaired) electrons. The number of carbonyl (C=O) groups is 1. The fourth-order valence-electron chi connectivity index (χ4n) is 2.75. The normalized spacial score (nSPS) is 17.4. The van der Waals surface area contributed by atoms with Gasteiger partial charge < -0.3 is 4.74 Å². The number of benzene rings is 1. The first kappa shape index (κ1) is 14.1. The SMILES string of the molecule is CCOC(=O)C(NC1CCCC1)c1ccccc1C.